The number of hydrogen-bond donors (Lipinski definition) is 1. The van der Waals surface area contributed by atoms with Gasteiger partial charge in [-0.1, -0.05) is 11.6 Å². The highest BCUT2D eigenvalue weighted by Gasteiger charge is 2.19. The third kappa shape index (κ3) is 4.02. The molecular weight excluding hydrogens is 294 g/mol. The number of amides is 1. The van der Waals surface area contributed by atoms with Crippen LogP contribution in [0.3, 0.4) is 0 Å². The molecule has 0 fully saturated rings. The lowest BCUT2D eigenvalue weighted by atomic mass is 10.2. The zero-order valence-corrected chi connectivity index (χ0v) is 12.7. The molecule has 1 N–H and O–H groups in total. The van der Waals surface area contributed by atoms with Crippen LogP contribution in [0, 0.1) is 0 Å². The third-order valence-electron chi connectivity index (χ3n) is 2.86. The smallest absolute Gasteiger partial charge is 0.248 e. The molecule has 0 aliphatic carbocycles. The van der Waals surface area contributed by atoms with Crippen molar-refractivity contribution in [1.29, 1.82) is 0 Å². The van der Waals surface area contributed by atoms with E-state index in [4.69, 9.17) is 11.6 Å². The minimum absolute atomic E-state index is 0.0647. The van der Waals surface area contributed by atoms with Crippen molar-refractivity contribution in [3.05, 3.63) is 47.9 Å². The quantitative estimate of drug-likeness (QED) is 0.889. The molecule has 0 aliphatic heterocycles. The molecule has 0 aliphatic rings. The summed E-state index contributed by atoms with van der Waals surface area (Å²) < 4.78 is 1.92. The zero-order valence-electron chi connectivity index (χ0n) is 11.1. The number of carbonyl (C=O) groups is 1. The molecule has 0 saturated heterocycles. The minimum Gasteiger partial charge on any atom is -0.342 e. The molecule has 0 saturated carbocycles. The number of pyridine rings is 1. The Kier molecular flexibility index (Phi) is 5.49. The van der Waals surface area contributed by atoms with Gasteiger partial charge in [-0.2, -0.15) is 11.8 Å². The van der Waals surface area contributed by atoms with Gasteiger partial charge in [0, 0.05) is 18.6 Å². The number of nitrogens with zero attached hydrogens (tertiary/aromatic N) is 2. The Labute approximate surface area is 127 Å². The summed E-state index contributed by atoms with van der Waals surface area (Å²) in [5.74, 6) is 1.37. The van der Waals surface area contributed by atoms with Crippen LogP contribution in [0.25, 0.3) is 0 Å². The maximum atomic E-state index is 12.4. The first-order valence-corrected chi connectivity index (χ1v) is 8.01. The van der Waals surface area contributed by atoms with Crippen LogP contribution >= 0.6 is 23.4 Å². The fraction of sp³-hybridized carbons (Fsp3) is 0.286. The van der Waals surface area contributed by atoms with E-state index in [1.807, 2.05) is 35.3 Å². The number of aromatic nitrogens is 2. The molecule has 0 spiro atoms. The standard InChI is InChI=1S/C14H16ClN3OS/c1-20-9-6-12(18-7-2-3-8-18)14(19)17-13-5-4-11(15)10-16-13/h2-5,7-8,10,12H,6,9H2,1H3,(H,16,17,19)/t12-/m0/s1. The molecule has 0 bridgehead atoms. The van der Waals surface area contributed by atoms with Gasteiger partial charge in [0.2, 0.25) is 5.91 Å². The van der Waals surface area contributed by atoms with Crippen molar-refractivity contribution in [3.63, 3.8) is 0 Å². The van der Waals surface area contributed by atoms with Crippen LogP contribution in [0.4, 0.5) is 5.82 Å². The van der Waals surface area contributed by atoms with E-state index in [0.29, 0.717) is 10.8 Å². The number of carbonyl (C=O) groups excluding carboxylic acids is 1. The summed E-state index contributed by atoms with van der Waals surface area (Å²) in [4.78, 5) is 16.5. The van der Waals surface area contributed by atoms with Crippen LogP contribution in [-0.2, 0) is 4.79 Å². The molecule has 6 heteroatoms. The van der Waals surface area contributed by atoms with Gasteiger partial charge in [-0.05, 0) is 42.7 Å². The lowest BCUT2D eigenvalue weighted by molar-refractivity contribution is -0.119. The lowest BCUT2D eigenvalue weighted by Crippen LogP contribution is -2.26. The molecule has 0 radical (unpaired) electrons. The first-order valence-electron chi connectivity index (χ1n) is 6.24. The van der Waals surface area contributed by atoms with E-state index >= 15 is 0 Å². The van der Waals surface area contributed by atoms with Gasteiger partial charge in [0.25, 0.3) is 0 Å². The Bertz CT molecular complexity index is 542. The van der Waals surface area contributed by atoms with Crippen molar-refractivity contribution >= 4 is 35.1 Å². The van der Waals surface area contributed by atoms with Crippen LogP contribution in [0.15, 0.2) is 42.9 Å². The number of anilines is 1. The molecule has 2 heterocycles. The third-order valence-corrected chi connectivity index (χ3v) is 3.73. The number of nitrogens with one attached hydrogen (secondary N) is 1. The molecule has 2 aromatic rings. The van der Waals surface area contributed by atoms with Crippen LogP contribution < -0.4 is 5.32 Å². The van der Waals surface area contributed by atoms with Crippen molar-refractivity contribution in [2.24, 2.45) is 0 Å². The van der Waals surface area contributed by atoms with E-state index in [1.165, 1.54) is 6.20 Å². The molecule has 1 atom stereocenters. The number of thioether (sulfide) groups is 1. The summed E-state index contributed by atoms with van der Waals surface area (Å²) in [6, 6.07) is 7.01. The monoisotopic (exact) mass is 309 g/mol. The Morgan fingerprint density at radius 1 is 1.45 bits per heavy atom. The number of rotatable bonds is 6. The van der Waals surface area contributed by atoms with Crippen molar-refractivity contribution < 1.29 is 4.79 Å². The summed E-state index contributed by atoms with van der Waals surface area (Å²) in [7, 11) is 0. The second-order valence-electron chi connectivity index (χ2n) is 4.28. The summed E-state index contributed by atoms with van der Waals surface area (Å²) in [6.07, 6.45) is 8.13. The first kappa shape index (κ1) is 14.9. The highest BCUT2D eigenvalue weighted by atomic mass is 35.5. The Balaban J connectivity index is 2.08. The molecule has 106 valence electrons. The summed E-state index contributed by atoms with van der Waals surface area (Å²) in [6.45, 7) is 0. The highest BCUT2D eigenvalue weighted by molar-refractivity contribution is 7.98. The predicted octanol–water partition coefficient (Wildman–Crippen LogP) is 3.47. The molecular formula is C14H16ClN3OS. The zero-order chi connectivity index (χ0) is 14.4. The molecule has 4 nitrogen and oxygen atoms in total. The van der Waals surface area contributed by atoms with Crippen molar-refractivity contribution in [3.8, 4) is 0 Å². The van der Waals surface area contributed by atoms with Crippen LogP contribution in [0.1, 0.15) is 12.5 Å². The first-order chi connectivity index (χ1) is 9.70. The van der Waals surface area contributed by atoms with E-state index in [9.17, 15) is 4.79 Å². The van der Waals surface area contributed by atoms with Crippen molar-refractivity contribution in [1.82, 2.24) is 9.55 Å². The van der Waals surface area contributed by atoms with Gasteiger partial charge >= 0.3 is 0 Å². The van der Waals surface area contributed by atoms with E-state index in [2.05, 4.69) is 10.3 Å². The van der Waals surface area contributed by atoms with Gasteiger partial charge in [0.15, 0.2) is 0 Å². The van der Waals surface area contributed by atoms with E-state index in [0.717, 1.165) is 12.2 Å². The van der Waals surface area contributed by atoms with Crippen molar-refractivity contribution in [2.45, 2.75) is 12.5 Å². The van der Waals surface area contributed by atoms with E-state index in [1.54, 1.807) is 23.9 Å². The fourth-order valence-corrected chi connectivity index (χ4v) is 2.43. The van der Waals surface area contributed by atoms with Crippen LogP contribution in [-0.4, -0.2) is 27.5 Å². The highest BCUT2D eigenvalue weighted by Crippen LogP contribution is 2.18. The van der Waals surface area contributed by atoms with Gasteiger partial charge in [-0.15, -0.1) is 0 Å². The molecule has 2 rings (SSSR count). The molecule has 2 aromatic heterocycles. The Morgan fingerprint density at radius 3 is 2.80 bits per heavy atom. The maximum absolute atomic E-state index is 12.4. The van der Waals surface area contributed by atoms with Gasteiger partial charge in [0.1, 0.15) is 11.9 Å². The summed E-state index contributed by atoms with van der Waals surface area (Å²) in [5, 5.41) is 3.38. The predicted molar refractivity (Wildman–Crippen MR) is 84.3 cm³/mol. The molecule has 1 amide bonds. The number of hydrogen-bond acceptors (Lipinski definition) is 3. The lowest BCUT2D eigenvalue weighted by Gasteiger charge is -2.18. The summed E-state index contributed by atoms with van der Waals surface area (Å²) in [5.41, 5.74) is 0. The number of halogens is 1. The second kappa shape index (κ2) is 7.36. The van der Waals surface area contributed by atoms with Crippen molar-refractivity contribution in [2.75, 3.05) is 17.3 Å². The fourth-order valence-electron chi connectivity index (χ4n) is 1.86. The van der Waals surface area contributed by atoms with E-state index < -0.39 is 0 Å². The van der Waals surface area contributed by atoms with E-state index in [-0.39, 0.29) is 11.9 Å². The van der Waals surface area contributed by atoms with Crippen LogP contribution in [0.2, 0.25) is 5.02 Å². The normalized spacial score (nSPS) is 12.1. The van der Waals surface area contributed by atoms with Gasteiger partial charge in [-0.25, -0.2) is 4.98 Å². The molecule has 0 aromatic carbocycles. The topological polar surface area (TPSA) is 46.9 Å². The SMILES string of the molecule is CSCC[C@@H](C(=O)Nc1ccc(Cl)cn1)n1cccc1. The largest absolute Gasteiger partial charge is 0.342 e. The minimum atomic E-state index is -0.227. The maximum Gasteiger partial charge on any atom is 0.248 e. The van der Waals surface area contributed by atoms with Gasteiger partial charge < -0.3 is 9.88 Å². The Hall–Kier alpha value is -1.46. The van der Waals surface area contributed by atoms with Gasteiger partial charge in [-0.3, -0.25) is 4.79 Å². The average Bonchev–Trinajstić information content (AvgIpc) is 2.96. The van der Waals surface area contributed by atoms with Gasteiger partial charge in [0.05, 0.1) is 5.02 Å². The second-order valence-corrected chi connectivity index (χ2v) is 5.70. The Morgan fingerprint density at radius 2 is 2.20 bits per heavy atom. The molecule has 20 heavy (non-hydrogen) atoms. The molecule has 0 unspecified atom stereocenters. The van der Waals surface area contributed by atoms with Crippen LogP contribution in [0.5, 0.6) is 0 Å². The average molecular weight is 310 g/mol. The summed E-state index contributed by atoms with van der Waals surface area (Å²) >= 11 is 7.50.